The third kappa shape index (κ3) is 1.48. The van der Waals surface area contributed by atoms with Gasteiger partial charge in [-0.1, -0.05) is 0 Å². The van der Waals surface area contributed by atoms with E-state index in [1.807, 2.05) is 7.05 Å². The van der Waals surface area contributed by atoms with Gasteiger partial charge in [0.2, 0.25) is 0 Å². The molecule has 3 heteroatoms. The van der Waals surface area contributed by atoms with Crippen LogP contribution in [0.25, 0.3) is 0 Å². The standard InChI is InChI=1S/C10H17N3/c1-8-9-5-3-4-6-13(9)10(12-8)7-11-2/h11H,3-7H2,1-2H3. The fourth-order valence-electron chi connectivity index (χ4n) is 2.10. The first-order chi connectivity index (χ1) is 6.33. The lowest BCUT2D eigenvalue weighted by molar-refractivity contribution is 0.507. The number of nitrogens with one attached hydrogen (secondary N) is 1. The summed E-state index contributed by atoms with van der Waals surface area (Å²) < 4.78 is 2.38. The van der Waals surface area contributed by atoms with Crippen molar-refractivity contribution in [2.75, 3.05) is 7.05 Å². The number of hydrogen-bond acceptors (Lipinski definition) is 2. The highest BCUT2D eigenvalue weighted by Gasteiger charge is 2.16. The van der Waals surface area contributed by atoms with Gasteiger partial charge in [0.25, 0.3) is 0 Å². The molecule has 0 spiro atoms. The van der Waals surface area contributed by atoms with Gasteiger partial charge in [0, 0.05) is 12.2 Å². The van der Waals surface area contributed by atoms with Gasteiger partial charge in [-0.15, -0.1) is 0 Å². The van der Waals surface area contributed by atoms with Crippen LogP contribution in [0, 0.1) is 6.92 Å². The maximum absolute atomic E-state index is 4.58. The third-order valence-electron chi connectivity index (χ3n) is 2.73. The Balaban J connectivity index is 2.36. The smallest absolute Gasteiger partial charge is 0.123 e. The molecule has 1 N–H and O–H groups in total. The van der Waals surface area contributed by atoms with Crippen LogP contribution in [0.2, 0.25) is 0 Å². The molecule has 0 aliphatic carbocycles. The summed E-state index contributed by atoms with van der Waals surface area (Å²) in [5.41, 5.74) is 2.68. The lowest BCUT2D eigenvalue weighted by atomic mass is 10.1. The molecule has 0 saturated carbocycles. The van der Waals surface area contributed by atoms with Crippen molar-refractivity contribution in [1.82, 2.24) is 14.9 Å². The Hall–Kier alpha value is -0.830. The van der Waals surface area contributed by atoms with Gasteiger partial charge in [-0.05, 0) is 33.2 Å². The second-order valence-corrected chi connectivity index (χ2v) is 3.70. The van der Waals surface area contributed by atoms with Gasteiger partial charge >= 0.3 is 0 Å². The lowest BCUT2D eigenvalue weighted by Gasteiger charge is -2.16. The molecule has 0 atom stereocenters. The Morgan fingerprint density at radius 1 is 1.46 bits per heavy atom. The summed E-state index contributed by atoms with van der Waals surface area (Å²) in [5.74, 6) is 1.20. The summed E-state index contributed by atoms with van der Waals surface area (Å²) in [7, 11) is 1.97. The Labute approximate surface area is 79.2 Å². The van der Waals surface area contributed by atoms with E-state index in [1.165, 1.54) is 36.5 Å². The van der Waals surface area contributed by atoms with Crippen molar-refractivity contribution in [2.45, 2.75) is 39.3 Å². The molecule has 2 rings (SSSR count). The molecule has 0 saturated heterocycles. The van der Waals surface area contributed by atoms with Crippen molar-refractivity contribution < 1.29 is 0 Å². The van der Waals surface area contributed by atoms with Gasteiger partial charge in [-0.25, -0.2) is 4.98 Å². The normalized spacial score (nSPS) is 15.8. The molecule has 1 aliphatic rings. The van der Waals surface area contributed by atoms with Crippen LogP contribution < -0.4 is 5.32 Å². The third-order valence-corrected chi connectivity index (χ3v) is 2.73. The molecule has 0 unspecified atom stereocenters. The molecule has 0 amide bonds. The first-order valence-electron chi connectivity index (χ1n) is 5.02. The van der Waals surface area contributed by atoms with E-state index >= 15 is 0 Å². The maximum atomic E-state index is 4.58. The van der Waals surface area contributed by atoms with Crippen molar-refractivity contribution in [2.24, 2.45) is 0 Å². The van der Waals surface area contributed by atoms with Crippen molar-refractivity contribution in [3.8, 4) is 0 Å². The van der Waals surface area contributed by atoms with Gasteiger partial charge in [-0.2, -0.15) is 0 Å². The minimum Gasteiger partial charge on any atom is -0.331 e. The first-order valence-corrected chi connectivity index (χ1v) is 5.02. The Morgan fingerprint density at radius 2 is 2.31 bits per heavy atom. The van der Waals surface area contributed by atoms with Gasteiger partial charge in [0.15, 0.2) is 0 Å². The van der Waals surface area contributed by atoms with E-state index in [-0.39, 0.29) is 0 Å². The SMILES string of the molecule is CNCc1nc(C)c2n1CCCC2. The number of rotatable bonds is 2. The average molecular weight is 179 g/mol. The quantitative estimate of drug-likeness (QED) is 0.740. The van der Waals surface area contributed by atoms with Gasteiger partial charge in [0.05, 0.1) is 12.2 Å². The minimum atomic E-state index is 0.890. The number of aromatic nitrogens is 2. The first kappa shape index (κ1) is 8.75. The number of fused-ring (bicyclic) bond motifs is 1. The summed E-state index contributed by atoms with van der Waals surface area (Å²) in [6.07, 6.45) is 3.84. The molecule has 0 aromatic carbocycles. The molecule has 0 bridgehead atoms. The summed E-state index contributed by atoms with van der Waals surface area (Å²) in [5, 5.41) is 3.16. The van der Waals surface area contributed by atoms with E-state index in [1.54, 1.807) is 0 Å². The van der Waals surface area contributed by atoms with Crippen molar-refractivity contribution in [3.05, 3.63) is 17.2 Å². The molecule has 2 heterocycles. The average Bonchev–Trinajstić information content (AvgIpc) is 2.46. The minimum absolute atomic E-state index is 0.890. The second kappa shape index (κ2) is 3.50. The monoisotopic (exact) mass is 179 g/mol. The zero-order valence-electron chi connectivity index (χ0n) is 8.43. The van der Waals surface area contributed by atoms with Crippen LogP contribution in [0.1, 0.15) is 30.1 Å². The van der Waals surface area contributed by atoms with E-state index < -0.39 is 0 Å². The fraction of sp³-hybridized carbons (Fsp3) is 0.700. The lowest BCUT2D eigenvalue weighted by Crippen LogP contribution is -2.16. The van der Waals surface area contributed by atoms with Gasteiger partial charge in [-0.3, -0.25) is 0 Å². The fourth-order valence-corrected chi connectivity index (χ4v) is 2.10. The van der Waals surface area contributed by atoms with Gasteiger partial charge in [0.1, 0.15) is 5.82 Å². The maximum Gasteiger partial charge on any atom is 0.123 e. The molecule has 13 heavy (non-hydrogen) atoms. The van der Waals surface area contributed by atoms with E-state index in [9.17, 15) is 0 Å². The summed E-state index contributed by atoms with van der Waals surface area (Å²) in [4.78, 5) is 4.58. The molecule has 1 aliphatic heterocycles. The predicted octanol–water partition coefficient (Wildman–Crippen LogP) is 1.25. The van der Waals surface area contributed by atoms with E-state index in [4.69, 9.17) is 0 Å². The molecule has 1 aromatic rings. The highest BCUT2D eigenvalue weighted by molar-refractivity contribution is 5.17. The zero-order chi connectivity index (χ0) is 9.26. The Morgan fingerprint density at radius 3 is 3.08 bits per heavy atom. The van der Waals surface area contributed by atoms with Crippen LogP contribution >= 0.6 is 0 Å². The number of imidazole rings is 1. The topological polar surface area (TPSA) is 29.9 Å². The Kier molecular flexibility index (Phi) is 2.36. The molecule has 0 radical (unpaired) electrons. The number of nitrogens with zero attached hydrogens (tertiary/aromatic N) is 2. The molecular formula is C10H17N3. The molecule has 3 nitrogen and oxygen atoms in total. The number of hydrogen-bond donors (Lipinski definition) is 1. The van der Waals surface area contributed by atoms with Crippen LogP contribution in [0.3, 0.4) is 0 Å². The summed E-state index contributed by atoms with van der Waals surface area (Å²) in [6.45, 7) is 4.17. The zero-order valence-corrected chi connectivity index (χ0v) is 8.43. The van der Waals surface area contributed by atoms with Crippen molar-refractivity contribution in [1.29, 1.82) is 0 Å². The highest BCUT2D eigenvalue weighted by atomic mass is 15.1. The largest absolute Gasteiger partial charge is 0.331 e. The van der Waals surface area contributed by atoms with Crippen molar-refractivity contribution in [3.63, 3.8) is 0 Å². The molecule has 1 aromatic heterocycles. The summed E-state index contributed by atoms with van der Waals surface area (Å²) >= 11 is 0. The molecule has 72 valence electrons. The molecule has 0 fully saturated rings. The van der Waals surface area contributed by atoms with Crippen LogP contribution in [0.15, 0.2) is 0 Å². The highest BCUT2D eigenvalue weighted by Crippen LogP contribution is 2.19. The van der Waals surface area contributed by atoms with E-state index in [0.29, 0.717) is 0 Å². The molecular weight excluding hydrogens is 162 g/mol. The van der Waals surface area contributed by atoms with Gasteiger partial charge < -0.3 is 9.88 Å². The van der Waals surface area contributed by atoms with Crippen LogP contribution in [0.4, 0.5) is 0 Å². The van der Waals surface area contributed by atoms with E-state index in [2.05, 4.69) is 21.8 Å². The van der Waals surface area contributed by atoms with Crippen molar-refractivity contribution >= 4 is 0 Å². The van der Waals surface area contributed by atoms with Crippen LogP contribution in [-0.4, -0.2) is 16.6 Å². The second-order valence-electron chi connectivity index (χ2n) is 3.70. The van der Waals surface area contributed by atoms with E-state index in [0.717, 1.165) is 13.1 Å². The number of aryl methyl sites for hydroxylation is 1. The predicted molar refractivity (Wildman–Crippen MR) is 52.7 cm³/mol. The van der Waals surface area contributed by atoms with Crippen LogP contribution in [0.5, 0.6) is 0 Å². The Bertz CT molecular complexity index is 301. The summed E-state index contributed by atoms with van der Waals surface area (Å²) in [6, 6.07) is 0. The van der Waals surface area contributed by atoms with Crippen LogP contribution in [-0.2, 0) is 19.5 Å².